The Bertz CT molecular complexity index is 895. The monoisotopic (exact) mass is 265 g/mol. The lowest BCUT2D eigenvalue weighted by atomic mass is 10.0. The lowest BCUT2D eigenvalue weighted by Gasteiger charge is -2.06. The second-order valence-corrected chi connectivity index (χ2v) is 4.55. The van der Waals surface area contributed by atoms with E-state index < -0.39 is 0 Å². The number of aromatic nitrogens is 2. The minimum absolute atomic E-state index is 0.235. The number of aliphatic imine (C=N–C) groups is 1. The van der Waals surface area contributed by atoms with Crippen LogP contribution in [0.4, 0.5) is 4.39 Å². The van der Waals surface area contributed by atoms with Gasteiger partial charge in [-0.05, 0) is 12.1 Å². The molecule has 0 N–H and O–H groups in total. The third kappa shape index (κ3) is 1.43. The van der Waals surface area contributed by atoms with Crippen molar-refractivity contribution in [1.82, 2.24) is 9.38 Å². The van der Waals surface area contributed by atoms with Gasteiger partial charge in [-0.1, -0.05) is 12.1 Å². The third-order valence-electron chi connectivity index (χ3n) is 3.40. The zero-order valence-corrected chi connectivity index (χ0v) is 10.2. The first-order valence-electron chi connectivity index (χ1n) is 6.08. The van der Waals surface area contributed by atoms with Gasteiger partial charge in [0.15, 0.2) is 0 Å². The molecule has 1 aliphatic heterocycles. The SMILES string of the molecule is O=C1N=Cc2c1cccc2-c1cnc2cc(F)ccn12. The molecule has 2 aromatic heterocycles. The van der Waals surface area contributed by atoms with E-state index in [1.807, 2.05) is 12.1 Å². The molecule has 3 heterocycles. The first kappa shape index (κ1) is 11.0. The molecule has 4 nitrogen and oxygen atoms in total. The van der Waals surface area contributed by atoms with E-state index in [0.717, 1.165) is 16.8 Å². The number of amides is 1. The van der Waals surface area contributed by atoms with Crippen molar-refractivity contribution < 1.29 is 9.18 Å². The van der Waals surface area contributed by atoms with Crippen molar-refractivity contribution in [2.24, 2.45) is 4.99 Å². The smallest absolute Gasteiger partial charge is 0.277 e. The van der Waals surface area contributed by atoms with Crippen LogP contribution in [0.25, 0.3) is 16.9 Å². The summed E-state index contributed by atoms with van der Waals surface area (Å²) in [5.74, 6) is -0.564. The molecular formula is C15H8FN3O. The van der Waals surface area contributed by atoms with Gasteiger partial charge >= 0.3 is 0 Å². The molecule has 4 rings (SSSR count). The second kappa shape index (κ2) is 3.84. The maximum atomic E-state index is 13.2. The normalized spacial score (nSPS) is 13.2. The molecule has 1 amide bonds. The summed E-state index contributed by atoms with van der Waals surface area (Å²) in [4.78, 5) is 19.6. The number of pyridine rings is 1. The molecule has 0 bridgehead atoms. The first-order chi connectivity index (χ1) is 9.74. The highest BCUT2D eigenvalue weighted by molar-refractivity contribution is 6.15. The van der Waals surface area contributed by atoms with Crippen LogP contribution >= 0.6 is 0 Å². The van der Waals surface area contributed by atoms with Gasteiger partial charge in [0, 0.05) is 29.6 Å². The van der Waals surface area contributed by atoms with E-state index in [4.69, 9.17) is 0 Å². The van der Waals surface area contributed by atoms with Gasteiger partial charge in [0.25, 0.3) is 5.91 Å². The molecule has 0 unspecified atom stereocenters. The van der Waals surface area contributed by atoms with Gasteiger partial charge < -0.3 is 0 Å². The minimum atomic E-state index is -0.329. The van der Waals surface area contributed by atoms with E-state index in [1.165, 1.54) is 12.1 Å². The quantitative estimate of drug-likeness (QED) is 0.679. The van der Waals surface area contributed by atoms with Gasteiger partial charge in [0.2, 0.25) is 0 Å². The predicted molar refractivity (Wildman–Crippen MR) is 72.5 cm³/mol. The Hall–Kier alpha value is -2.82. The van der Waals surface area contributed by atoms with Gasteiger partial charge in [0.05, 0.1) is 17.5 Å². The van der Waals surface area contributed by atoms with Crippen molar-refractivity contribution >= 4 is 17.8 Å². The number of carbonyl (C=O) groups excluding carboxylic acids is 1. The Kier molecular flexibility index (Phi) is 2.12. The summed E-state index contributed by atoms with van der Waals surface area (Å²) in [7, 11) is 0. The lowest BCUT2D eigenvalue weighted by molar-refractivity contribution is 0.101. The Morgan fingerprint density at radius 2 is 2.00 bits per heavy atom. The predicted octanol–water partition coefficient (Wildman–Crippen LogP) is 2.71. The molecule has 5 heteroatoms. The fourth-order valence-corrected chi connectivity index (χ4v) is 2.46. The first-order valence-corrected chi connectivity index (χ1v) is 6.08. The van der Waals surface area contributed by atoms with Crippen LogP contribution in [0.15, 0.2) is 47.7 Å². The maximum absolute atomic E-state index is 13.2. The van der Waals surface area contributed by atoms with E-state index in [0.29, 0.717) is 11.2 Å². The van der Waals surface area contributed by atoms with Crippen LogP contribution in [0.3, 0.4) is 0 Å². The van der Waals surface area contributed by atoms with Crippen molar-refractivity contribution in [1.29, 1.82) is 0 Å². The number of nitrogens with zero attached hydrogens (tertiary/aromatic N) is 3. The summed E-state index contributed by atoms with van der Waals surface area (Å²) in [5, 5.41) is 0. The van der Waals surface area contributed by atoms with Crippen molar-refractivity contribution in [3.05, 3.63) is 59.7 Å². The van der Waals surface area contributed by atoms with Gasteiger partial charge in [-0.25, -0.2) is 14.4 Å². The highest BCUT2D eigenvalue weighted by atomic mass is 19.1. The summed E-state index contributed by atoms with van der Waals surface area (Å²) < 4.78 is 15.0. The number of rotatable bonds is 1. The number of imidazole rings is 1. The molecule has 1 aliphatic rings. The topological polar surface area (TPSA) is 46.7 Å². The zero-order chi connectivity index (χ0) is 13.7. The molecule has 1 aromatic carbocycles. The average molecular weight is 265 g/mol. The summed E-state index contributed by atoms with van der Waals surface area (Å²) >= 11 is 0. The van der Waals surface area contributed by atoms with Crippen LogP contribution < -0.4 is 0 Å². The Morgan fingerprint density at radius 3 is 2.90 bits per heavy atom. The summed E-state index contributed by atoms with van der Waals surface area (Å²) in [6, 6.07) is 8.20. The molecule has 96 valence electrons. The Labute approximate surface area is 113 Å². The van der Waals surface area contributed by atoms with E-state index in [1.54, 1.807) is 29.1 Å². The number of fused-ring (bicyclic) bond motifs is 2. The fraction of sp³-hybridized carbons (Fsp3) is 0. The molecule has 0 atom stereocenters. The van der Waals surface area contributed by atoms with Crippen LogP contribution in [0.5, 0.6) is 0 Å². The van der Waals surface area contributed by atoms with Crippen LogP contribution in [0.2, 0.25) is 0 Å². The molecule has 0 radical (unpaired) electrons. The zero-order valence-electron chi connectivity index (χ0n) is 10.2. The number of hydrogen-bond donors (Lipinski definition) is 0. The number of hydrogen-bond acceptors (Lipinski definition) is 2. The van der Waals surface area contributed by atoms with E-state index in [-0.39, 0.29) is 11.7 Å². The molecule has 0 saturated heterocycles. The highest BCUT2D eigenvalue weighted by Crippen LogP contribution is 2.28. The van der Waals surface area contributed by atoms with Gasteiger partial charge in [0.1, 0.15) is 11.5 Å². The molecule has 3 aromatic rings. The van der Waals surface area contributed by atoms with Crippen LogP contribution in [-0.4, -0.2) is 21.5 Å². The van der Waals surface area contributed by atoms with Crippen molar-refractivity contribution in [3.63, 3.8) is 0 Å². The fourth-order valence-electron chi connectivity index (χ4n) is 2.46. The molecule has 20 heavy (non-hydrogen) atoms. The second-order valence-electron chi connectivity index (χ2n) is 4.55. The van der Waals surface area contributed by atoms with Gasteiger partial charge in [-0.3, -0.25) is 9.20 Å². The van der Waals surface area contributed by atoms with Crippen molar-refractivity contribution in [2.45, 2.75) is 0 Å². The summed E-state index contributed by atoms with van der Waals surface area (Å²) in [6.07, 6.45) is 4.86. The summed E-state index contributed by atoms with van der Waals surface area (Å²) in [5.41, 5.74) is 3.55. The average Bonchev–Trinajstić information content (AvgIpc) is 3.03. The van der Waals surface area contributed by atoms with Crippen molar-refractivity contribution in [3.8, 4) is 11.3 Å². The largest absolute Gasteiger partial charge is 0.299 e. The van der Waals surface area contributed by atoms with E-state index in [9.17, 15) is 9.18 Å². The van der Waals surface area contributed by atoms with Crippen LogP contribution in [0.1, 0.15) is 15.9 Å². The van der Waals surface area contributed by atoms with Crippen LogP contribution in [-0.2, 0) is 0 Å². The molecule has 0 aliphatic carbocycles. The third-order valence-corrected chi connectivity index (χ3v) is 3.40. The Morgan fingerprint density at radius 1 is 1.15 bits per heavy atom. The molecule has 0 saturated carbocycles. The lowest BCUT2D eigenvalue weighted by Crippen LogP contribution is -1.96. The van der Waals surface area contributed by atoms with E-state index in [2.05, 4.69) is 9.98 Å². The number of benzene rings is 1. The number of halogens is 1. The van der Waals surface area contributed by atoms with E-state index >= 15 is 0 Å². The Balaban J connectivity index is 2.01. The molecule has 0 spiro atoms. The van der Waals surface area contributed by atoms with Gasteiger partial charge in [-0.2, -0.15) is 0 Å². The standard InChI is InChI=1S/C15H8FN3O/c16-9-4-5-19-13(8-17-14(19)6-9)10-2-1-3-11-12(10)7-18-15(11)20/h1-8H. The van der Waals surface area contributed by atoms with Gasteiger partial charge in [-0.15, -0.1) is 0 Å². The minimum Gasteiger partial charge on any atom is -0.299 e. The number of carbonyl (C=O) groups is 1. The highest BCUT2D eigenvalue weighted by Gasteiger charge is 2.20. The summed E-state index contributed by atoms with van der Waals surface area (Å²) in [6.45, 7) is 0. The molecule has 0 fully saturated rings. The molecular weight excluding hydrogens is 257 g/mol. The maximum Gasteiger partial charge on any atom is 0.277 e. The van der Waals surface area contributed by atoms with Crippen LogP contribution in [0, 0.1) is 5.82 Å². The van der Waals surface area contributed by atoms with Crippen molar-refractivity contribution in [2.75, 3.05) is 0 Å².